The summed E-state index contributed by atoms with van der Waals surface area (Å²) in [5.41, 5.74) is -0.308. The molecule has 2 fully saturated rings. The normalized spacial score (nSPS) is 32.9. The molecule has 1 aliphatic heterocycles. The summed E-state index contributed by atoms with van der Waals surface area (Å²) >= 11 is 7.10. The lowest BCUT2D eigenvalue weighted by Gasteiger charge is -2.32. The zero-order valence-corrected chi connectivity index (χ0v) is 15.2. The third-order valence-corrected chi connectivity index (χ3v) is 6.86. The van der Waals surface area contributed by atoms with Crippen LogP contribution in [0.1, 0.15) is 40.0 Å². The molecule has 0 radical (unpaired) electrons. The lowest BCUT2D eigenvalue weighted by molar-refractivity contribution is -0.126. The topological polar surface area (TPSA) is 32.3 Å². The van der Waals surface area contributed by atoms with Gasteiger partial charge in [-0.3, -0.25) is 4.79 Å². The molecule has 3 nitrogen and oxygen atoms in total. The average Bonchev–Trinajstić information content (AvgIpc) is 2.83. The summed E-state index contributed by atoms with van der Waals surface area (Å²) in [6, 6.07) is 0.217. The molecule has 0 spiro atoms. The van der Waals surface area contributed by atoms with Crippen LogP contribution in [0.5, 0.6) is 0 Å². The van der Waals surface area contributed by atoms with Gasteiger partial charge in [-0.2, -0.15) is 0 Å². The van der Waals surface area contributed by atoms with E-state index in [1.807, 2.05) is 6.92 Å². The second kappa shape index (κ2) is 5.64. The van der Waals surface area contributed by atoms with Gasteiger partial charge in [0, 0.05) is 12.6 Å². The van der Waals surface area contributed by atoms with Gasteiger partial charge in [0.05, 0.1) is 8.65 Å². The van der Waals surface area contributed by atoms with Crippen LogP contribution in [-0.2, 0) is 4.79 Å². The second-order valence-corrected chi connectivity index (χ2v) is 10.3. The molecule has 1 amide bonds. The van der Waals surface area contributed by atoms with Gasteiger partial charge in [0.2, 0.25) is 5.91 Å². The highest BCUT2D eigenvalue weighted by Gasteiger charge is 2.66. The van der Waals surface area contributed by atoms with Gasteiger partial charge in [-0.05, 0) is 52.1 Å². The molecule has 2 atom stereocenters. The van der Waals surface area contributed by atoms with Crippen LogP contribution in [-0.4, -0.2) is 39.7 Å². The van der Waals surface area contributed by atoms with Crippen molar-refractivity contribution in [1.29, 1.82) is 0 Å². The molecule has 1 aliphatic carbocycles. The average molecular weight is 396 g/mol. The van der Waals surface area contributed by atoms with Crippen molar-refractivity contribution in [2.24, 2.45) is 11.3 Å². The Bertz CT molecular complexity index is 353. The number of amides is 1. The molecular weight excluding hydrogens is 372 g/mol. The van der Waals surface area contributed by atoms with Crippen molar-refractivity contribution in [1.82, 2.24) is 10.2 Å². The minimum atomic E-state index is -0.308. The number of hydrogen-bond donors (Lipinski definition) is 1. The van der Waals surface area contributed by atoms with Gasteiger partial charge >= 0.3 is 0 Å². The number of nitrogens with zero attached hydrogens (tertiary/aromatic N) is 1. The van der Waals surface area contributed by atoms with Gasteiger partial charge in [-0.15, -0.1) is 0 Å². The standard InChI is InChI=1S/C14H24Br2N2O/c1-10-4-6-18(7-5-10)8-11(2)17-12(19)13(3)9-14(13,15)16/h10-11H,4-9H2,1-3H3,(H,17,19). The Labute approximate surface area is 133 Å². The third kappa shape index (κ3) is 3.53. The van der Waals surface area contributed by atoms with Gasteiger partial charge < -0.3 is 10.2 Å². The molecule has 1 heterocycles. The number of carbonyl (C=O) groups excluding carboxylic acids is 1. The predicted molar refractivity (Wildman–Crippen MR) is 85.8 cm³/mol. The van der Waals surface area contributed by atoms with Crippen molar-refractivity contribution in [3.8, 4) is 0 Å². The van der Waals surface area contributed by atoms with Crippen molar-refractivity contribution in [2.45, 2.75) is 49.3 Å². The minimum Gasteiger partial charge on any atom is -0.352 e. The van der Waals surface area contributed by atoms with E-state index in [4.69, 9.17) is 0 Å². The smallest absolute Gasteiger partial charge is 0.228 e. The van der Waals surface area contributed by atoms with Gasteiger partial charge in [0.1, 0.15) is 0 Å². The van der Waals surface area contributed by atoms with E-state index in [1.54, 1.807) is 0 Å². The summed E-state index contributed by atoms with van der Waals surface area (Å²) in [6.07, 6.45) is 3.41. The highest BCUT2D eigenvalue weighted by molar-refractivity contribution is 9.25. The fraction of sp³-hybridized carbons (Fsp3) is 0.929. The quantitative estimate of drug-likeness (QED) is 0.741. The molecule has 2 aliphatic rings. The first-order valence-corrected chi connectivity index (χ1v) is 8.74. The molecule has 5 heteroatoms. The molecule has 1 saturated heterocycles. The summed E-state index contributed by atoms with van der Waals surface area (Å²) in [5, 5.41) is 3.16. The minimum absolute atomic E-state index is 0.152. The number of alkyl halides is 2. The summed E-state index contributed by atoms with van der Waals surface area (Å²) in [7, 11) is 0. The van der Waals surface area contributed by atoms with E-state index in [-0.39, 0.29) is 20.6 Å². The largest absolute Gasteiger partial charge is 0.352 e. The fourth-order valence-electron chi connectivity index (χ4n) is 2.71. The molecule has 1 saturated carbocycles. The van der Waals surface area contributed by atoms with Crippen molar-refractivity contribution >= 4 is 37.8 Å². The maximum absolute atomic E-state index is 12.3. The molecule has 0 aromatic rings. The van der Waals surface area contributed by atoms with E-state index in [0.29, 0.717) is 0 Å². The molecule has 0 aromatic heterocycles. The summed E-state index contributed by atoms with van der Waals surface area (Å²) in [5.74, 6) is 1.01. The molecule has 19 heavy (non-hydrogen) atoms. The number of piperidine rings is 1. The van der Waals surface area contributed by atoms with Crippen LogP contribution in [0.2, 0.25) is 0 Å². The van der Waals surface area contributed by atoms with Crippen LogP contribution in [0.25, 0.3) is 0 Å². The van der Waals surface area contributed by atoms with Crippen LogP contribution in [0.3, 0.4) is 0 Å². The lowest BCUT2D eigenvalue weighted by atomic mass is 9.99. The molecule has 0 bridgehead atoms. The highest BCUT2D eigenvalue weighted by Crippen LogP contribution is 2.66. The summed E-state index contributed by atoms with van der Waals surface area (Å²) in [4.78, 5) is 14.7. The van der Waals surface area contributed by atoms with E-state index in [0.717, 1.165) is 18.9 Å². The number of carbonyl (C=O) groups is 1. The summed E-state index contributed by atoms with van der Waals surface area (Å²) < 4.78 is -0.197. The Morgan fingerprint density at radius 3 is 2.42 bits per heavy atom. The third-order valence-electron chi connectivity index (χ3n) is 4.54. The first-order valence-electron chi connectivity index (χ1n) is 7.16. The van der Waals surface area contributed by atoms with E-state index in [9.17, 15) is 4.79 Å². The second-order valence-electron chi connectivity index (χ2n) is 6.57. The van der Waals surface area contributed by atoms with Crippen LogP contribution < -0.4 is 5.32 Å². The van der Waals surface area contributed by atoms with E-state index >= 15 is 0 Å². The Hall–Kier alpha value is 0.390. The van der Waals surface area contributed by atoms with Gasteiger partial charge in [0.25, 0.3) is 0 Å². The Kier molecular flexibility index (Phi) is 4.69. The van der Waals surface area contributed by atoms with E-state index in [2.05, 4.69) is 55.9 Å². The van der Waals surface area contributed by atoms with Crippen LogP contribution >= 0.6 is 31.9 Å². The van der Waals surface area contributed by atoms with Crippen molar-refractivity contribution in [2.75, 3.05) is 19.6 Å². The van der Waals surface area contributed by atoms with Gasteiger partial charge in [-0.1, -0.05) is 38.8 Å². The number of likely N-dealkylation sites (tertiary alicyclic amines) is 1. The first-order chi connectivity index (χ1) is 8.74. The monoisotopic (exact) mass is 394 g/mol. The maximum atomic E-state index is 12.3. The predicted octanol–water partition coefficient (Wildman–Crippen LogP) is 3.12. The van der Waals surface area contributed by atoms with Gasteiger partial charge in [0.15, 0.2) is 0 Å². The lowest BCUT2D eigenvalue weighted by Crippen LogP contribution is -2.46. The Morgan fingerprint density at radius 1 is 1.42 bits per heavy atom. The van der Waals surface area contributed by atoms with Crippen LogP contribution in [0.15, 0.2) is 0 Å². The molecule has 110 valence electrons. The number of rotatable bonds is 4. The molecule has 2 unspecified atom stereocenters. The molecule has 2 rings (SSSR count). The Balaban J connectivity index is 1.76. The number of hydrogen-bond acceptors (Lipinski definition) is 2. The van der Waals surface area contributed by atoms with Crippen molar-refractivity contribution < 1.29 is 4.79 Å². The van der Waals surface area contributed by atoms with Gasteiger partial charge in [-0.25, -0.2) is 0 Å². The number of halogens is 2. The summed E-state index contributed by atoms with van der Waals surface area (Å²) in [6.45, 7) is 9.72. The highest BCUT2D eigenvalue weighted by atomic mass is 79.9. The Morgan fingerprint density at radius 2 is 1.95 bits per heavy atom. The van der Waals surface area contributed by atoms with Crippen molar-refractivity contribution in [3.05, 3.63) is 0 Å². The zero-order chi connectivity index (χ0) is 14.3. The van der Waals surface area contributed by atoms with Crippen molar-refractivity contribution in [3.63, 3.8) is 0 Å². The van der Waals surface area contributed by atoms with Crippen LogP contribution in [0.4, 0.5) is 0 Å². The fourth-order valence-corrected chi connectivity index (χ4v) is 4.19. The molecule has 1 N–H and O–H groups in total. The SMILES string of the molecule is CC1CCN(CC(C)NC(=O)C2(C)CC2(Br)Br)CC1. The molecule has 0 aromatic carbocycles. The maximum Gasteiger partial charge on any atom is 0.228 e. The van der Waals surface area contributed by atoms with E-state index in [1.165, 1.54) is 25.9 Å². The first kappa shape index (κ1) is 15.8. The number of nitrogens with one attached hydrogen (secondary N) is 1. The van der Waals surface area contributed by atoms with E-state index < -0.39 is 0 Å². The zero-order valence-electron chi connectivity index (χ0n) is 12.0. The molecular formula is C14H24Br2N2O. The van der Waals surface area contributed by atoms with Crippen LogP contribution in [0, 0.1) is 11.3 Å².